The van der Waals surface area contributed by atoms with E-state index in [-0.39, 0.29) is 17.8 Å². The largest absolute Gasteiger partial charge is 0.494 e. The van der Waals surface area contributed by atoms with Crippen LogP contribution in [-0.2, 0) is 6.54 Å². The molecular formula is C24H29FN2O2. The highest BCUT2D eigenvalue weighted by Gasteiger charge is 2.38. The number of fused-ring (bicyclic) bond motifs is 2. The lowest BCUT2D eigenvalue weighted by Crippen LogP contribution is -2.56. The fraction of sp³-hybridized carbons (Fsp3) is 0.458. The van der Waals surface area contributed by atoms with Crippen LogP contribution in [0.3, 0.4) is 0 Å². The molecule has 0 aliphatic carbocycles. The lowest BCUT2D eigenvalue weighted by molar-refractivity contribution is 0.0177. The third-order valence-corrected chi connectivity index (χ3v) is 6.17. The number of carbonyl (C=O) groups is 1. The van der Waals surface area contributed by atoms with Gasteiger partial charge in [0, 0.05) is 30.2 Å². The van der Waals surface area contributed by atoms with E-state index in [1.165, 1.54) is 18.6 Å². The molecule has 2 heterocycles. The first-order valence-electron chi connectivity index (χ1n) is 10.7. The number of hydrogen-bond acceptors (Lipinski definition) is 3. The maximum Gasteiger partial charge on any atom is 0.251 e. The molecule has 2 atom stereocenters. The van der Waals surface area contributed by atoms with E-state index in [2.05, 4.69) is 10.2 Å². The van der Waals surface area contributed by atoms with Gasteiger partial charge in [-0.25, -0.2) is 4.39 Å². The van der Waals surface area contributed by atoms with Gasteiger partial charge in [0.1, 0.15) is 11.6 Å². The number of amides is 1. The van der Waals surface area contributed by atoms with Crippen molar-refractivity contribution in [2.75, 3.05) is 6.61 Å². The van der Waals surface area contributed by atoms with Crippen LogP contribution < -0.4 is 10.1 Å². The molecule has 2 aromatic carbocycles. The summed E-state index contributed by atoms with van der Waals surface area (Å²) >= 11 is 0. The third-order valence-electron chi connectivity index (χ3n) is 6.17. The van der Waals surface area contributed by atoms with Crippen molar-refractivity contribution in [1.82, 2.24) is 10.2 Å². The van der Waals surface area contributed by atoms with Crippen molar-refractivity contribution in [3.63, 3.8) is 0 Å². The minimum absolute atomic E-state index is 0.0110. The first-order valence-corrected chi connectivity index (χ1v) is 10.7. The van der Waals surface area contributed by atoms with Gasteiger partial charge >= 0.3 is 0 Å². The summed E-state index contributed by atoms with van der Waals surface area (Å²) in [7, 11) is 0. The molecule has 154 valence electrons. The number of rotatable bonds is 6. The van der Waals surface area contributed by atoms with Gasteiger partial charge < -0.3 is 10.1 Å². The number of carbonyl (C=O) groups excluding carboxylic acids is 1. The van der Waals surface area contributed by atoms with Crippen LogP contribution in [0.15, 0.2) is 48.5 Å². The van der Waals surface area contributed by atoms with Gasteiger partial charge in [0.25, 0.3) is 5.91 Å². The van der Waals surface area contributed by atoms with E-state index in [0.29, 0.717) is 24.3 Å². The van der Waals surface area contributed by atoms with Gasteiger partial charge in [0.2, 0.25) is 0 Å². The van der Waals surface area contributed by atoms with E-state index in [1.54, 1.807) is 0 Å². The number of nitrogens with one attached hydrogen (secondary N) is 1. The number of ether oxygens (including phenoxy) is 1. The highest BCUT2D eigenvalue weighted by Crippen LogP contribution is 2.35. The molecular weight excluding hydrogens is 367 g/mol. The van der Waals surface area contributed by atoms with Crippen LogP contribution in [0.1, 0.15) is 54.9 Å². The lowest BCUT2D eigenvalue weighted by atomic mass is 9.81. The van der Waals surface area contributed by atoms with Crippen LogP contribution >= 0.6 is 0 Å². The molecule has 5 heteroatoms. The predicted molar refractivity (Wildman–Crippen MR) is 111 cm³/mol. The number of piperidine rings is 2. The Morgan fingerprint density at radius 3 is 2.34 bits per heavy atom. The maximum atomic E-state index is 13.2. The van der Waals surface area contributed by atoms with Gasteiger partial charge in [-0.3, -0.25) is 9.69 Å². The molecule has 2 saturated heterocycles. The Hall–Kier alpha value is -2.40. The molecule has 0 saturated carbocycles. The fourth-order valence-electron chi connectivity index (χ4n) is 4.79. The summed E-state index contributed by atoms with van der Waals surface area (Å²) in [6.07, 6.45) is 5.51. The van der Waals surface area contributed by atoms with Crippen LogP contribution in [0.5, 0.6) is 5.75 Å². The Kier molecular flexibility index (Phi) is 6.14. The van der Waals surface area contributed by atoms with E-state index in [0.717, 1.165) is 43.5 Å². The maximum absolute atomic E-state index is 13.2. The molecule has 0 radical (unpaired) electrons. The molecule has 1 amide bonds. The molecule has 4 nitrogen and oxygen atoms in total. The van der Waals surface area contributed by atoms with E-state index >= 15 is 0 Å². The highest BCUT2D eigenvalue weighted by atomic mass is 19.1. The Balaban J connectivity index is 1.37. The second kappa shape index (κ2) is 8.95. The van der Waals surface area contributed by atoms with Crippen LogP contribution in [0.4, 0.5) is 4.39 Å². The minimum Gasteiger partial charge on any atom is -0.494 e. The summed E-state index contributed by atoms with van der Waals surface area (Å²) < 4.78 is 18.7. The molecule has 2 aromatic rings. The molecule has 0 spiro atoms. The molecule has 0 aromatic heterocycles. The topological polar surface area (TPSA) is 41.6 Å². The normalized spacial score (nSPS) is 24.1. The van der Waals surface area contributed by atoms with Gasteiger partial charge in [0.15, 0.2) is 0 Å². The Bertz CT molecular complexity index is 808. The standard InChI is InChI=1S/C24H29FN2O2/c1-2-29-23-12-8-18(9-13-23)24(28)26-20-14-21-4-3-5-22(15-20)27(21)16-17-6-10-19(25)11-7-17/h6-13,20-22H,2-5,14-16H2,1H3,(H,26,28)/t21-,22-/m0/s1. The average molecular weight is 397 g/mol. The molecule has 29 heavy (non-hydrogen) atoms. The molecule has 2 aliphatic heterocycles. The fourth-order valence-corrected chi connectivity index (χ4v) is 4.79. The van der Waals surface area contributed by atoms with Crippen molar-refractivity contribution in [2.45, 2.75) is 63.7 Å². The van der Waals surface area contributed by atoms with E-state index in [1.807, 2.05) is 43.3 Å². The summed E-state index contributed by atoms with van der Waals surface area (Å²) in [4.78, 5) is 15.3. The summed E-state index contributed by atoms with van der Waals surface area (Å²) in [5, 5.41) is 3.25. The van der Waals surface area contributed by atoms with Gasteiger partial charge in [-0.2, -0.15) is 0 Å². The zero-order chi connectivity index (χ0) is 20.2. The summed E-state index contributed by atoms with van der Waals surface area (Å²) in [6.45, 7) is 3.42. The van der Waals surface area contributed by atoms with E-state index in [4.69, 9.17) is 4.74 Å². The number of benzene rings is 2. The van der Waals surface area contributed by atoms with Crippen molar-refractivity contribution in [3.05, 3.63) is 65.5 Å². The molecule has 2 fully saturated rings. The summed E-state index contributed by atoms with van der Waals surface area (Å²) in [5.74, 6) is 0.584. The molecule has 0 unspecified atom stereocenters. The lowest BCUT2D eigenvalue weighted by Gasteiger charge is -2.49. The smallest absolute Gasteiger partial charge is 0.251 e. The van der Waals surface area contributed by atoms with E-state index < -0.39 is 0 Å². The Morgan fingerprint density at radius 2 is 1.72 bits per heavy atom. The number of nitrogens with zero attached hydrogens (tertiary/aromatic N) is 1. The second-order valence-electron chi connectivity index (χ2n) is 8.14. The van der Waals surface area contributed by atoms with Gasteiger partial charge in [-0.1, -0.05) is 18.6 Å². The predicted octanol–water partition coefficient (Wildman–Crippen LogP) is 4.54. The summed E-state index contributed by atoms with van der Waals surface area (Å²) in [5.41, 5.74) is 1.83. The SMILES string of the molecule is CCOc1ccc(C(=O)NC2C[C@@H]3CCC[C@@H](C2)N3Cc2ccc(F)cc2)cc1. The zero-order valence-corrected chi connectivity index (χ0v) is 16.9. The second-order valence-corrected chi connectivity index (χ2v) is 8.14. The van der Waals surface area contributed by atoms with Crippen LogP contribution in [0.2, 0.25) is 0 Å². The zero-order valence-electron chi connectivity index (χ0n) is 16.9. The van der Waals surface area contributed by atoms with E-state index in [9.17, 15) is 9.18 Å². The van der Waals surface area contributed by atoms with Crippen molar-refractivity contribution in [2.24, 2.45) is 0 Å². The third kappa shape index (κ3) is 4.78. The van der Waals surface area contributed by atoms with Crippen LogP contribution in [0, 0.1) is 5.82 Å². The summed E-state index contributed by atoms with van der Waals surface area (Å²) in [6, 6.07) is 15.3. The Labute approximate surface area is 172 Å². The van der Waals surface area contributed by atoms with Crippen LogP contribution in [-0.4, -0.2) is 35.5 Å². The first kappa shape index (κ1) is 19.9. The molecule has 4 rings (SSSR count). The van der Waals surface area contributed by atoms with Crippen molar-refractivity contribution >= 4 is 5.91 Å². The average Bonchev–Trinajstić information content (AvgIpc) is 2.71. The van der Waals surface area contributed by atoms with Crippen LogP contribution in [0.25, 0.3) is 0 Å². The van der Waals surface area contributed by atoms with Crippen molar-refractivity contribution in [3.8, 4) is 5.75 Å². The van der Waals surface area contributed by atoms with Gasteiger partial charge in [0.05, 0.1) is 6.61 Å². The molecule has 2 bridgehead atoms. The Morgan fingerprint density at radius 1 is 1.07 bits per heavy atom. The molecule has 1 N–H and O–H groups in total. The monoisotopic (exact) mass is 396 g/mol. The van der Waals surface area contributed by atoms with Crippen molar-refractivity contribution in [1.29, 1.82) is 0 Å². The number of halogens is 1. The quantitative estimate of drug-likeness (QED) is 0.779. The number of hydrogen-bond donors (Lipinski definition) is 1. The minimum atomic E-state index is -0.190. The van der Waals surface area contributed by atoms with Gasteiger partial charge in [-0.15, -0.1) is 0 Å². The highest BCUT2D eigenvalue weighted by molar-refractivity contribution is 5.94. The van der Waals surface area contributed by atoms with Crippen molar-refractivity contribution < 1.29 is 13.9 Å². The first-order chi connectivity index (χ1) is 14.1. The van der Waals surface area contributed by atoms with Gasteiger partial charge in [-0.05, 0) is 74.6 Å². The molecule has 2 aliphatic rings.